The van der Waals surface area contributed by atoms with Gasteiger partial charge in [-0.15, -0.1) is 0 Å². The molecule has 2 aliphatic rings. The summed E-state index contributed by atoms with van der Waals surface area (Å²) in [6, 6.07) is 2.52. The number of carbonyl (C=O) groups excluding carboxylic acids is 2. The van der Waals surface area contributed by atoms with Gasteiger partial charge in [0.1, 0.15) is 18.8 Å². The van der Waals surface area contributed by atoms with Gasteiger partial charge in [0.15, 0.2) is 18.1 Å². The summed E-state index contributed by atoms with van der Waals surface area (Å²) in [5.74, 6) is -0.765. The van der Waals surface area contributed by atoms with Crippen LogP contribution < -0.4 is 9.47 Å². The van der Waals surface area contributed by atoms with E-state index >= 15 is 0 Å². The molecule has 1 fully saturated rings. The molecule has 1 atom stereocenters. The van der Waals surface area contributed by atoms with Crippen molar-refractivity contribution in [3.05, 3.63) is 27.8 Å². The first kappa shape index (κ1) is 18.9. The Balaban J connectivity index is 1.72. The summed E-state index contributed by atoms with van der Waals surface area (Å²) < 4.78 is 15.8. The number of nitrogens with zero attached hydrogens (tertiary/aromatic N) is 2. The molecule has 0 bridgehead atoms. The molecular weight excluding hydrogens is 356 g/mol. The third kappa shape index (κ3) is 4.12. The molecule has 146 valence electrons. The first-order valence-corrected chi connectivity index (χ1v) is 9.06. The van der Waals surface area contributed by atoms with Crippen LogP contribution in [0.2, 0.25) is 0 Å². The fraction of sp³-hybridized carbons (Fsp3) is 0.556. The molecule has 2 heterocycles. The van der Waals surface area contributed by atoms with Crippen molar-refractivity contribution in [2.75, 3.05) is 26.4 Å². The number of rotatable bonds is 5. The smallest absolute Gasteiger partial charge is 0.345 e. The summed E-state index contributed by atoms with van der Waals surface area (Å²) in [6.07, 6.45) is 3.77. The number of hydrogen-bond donors (Lipinski definition) is 0. The van der Waals surface area contributed by atoms with E-state index in [1.807, 2.05) is 6.92 Å². The highest BCUT2D eigenvalue weighted by atomic mass is 16.6. The number of likely N-dealkylation sites (tertiary alicyclic amines) is 1. The predicted octanol–water partition coefficient (Wildman–Crippen LogP) is 2.31. The lowest BCUT2D eigenvalue weighted by molar-refractivity contribution is -0.385. The largest absolute Gasteiger partial charge is 0.486 e. The monoisotopic (exact) mass is 378 g/mol. The number of benzene rings is 1. The van der Waals surface area contributed by atoms with Crippen LogP contribution in [0.15, 0.2) is 12.1 Å². The van der Waals surface area contributed by atoms with Crippen LogP contribution in [0.3, 0.4) is 0 Å². The van der Waals surface area contributed by atoms with E-state index in [4.69, 9.17) is 14.2 Å². The summed E-state index contributed by atoms with van der Waals surface area (Å²) in [5, 5.41) is 11.3. The first-order chi connectivity index (χ1) is 13.0. The third-order valence-electron chi connectivity index (χ3n) is 4.82. The lowest BCUT2D eigenvalue weighted by Crippen LogP contribution is -2.45. The lowest BCUT2D eigenvalue weighted by atomic mass is 10.00. The van der Waals surface area contributed by atoms with E-state index in [2.05, 4.69) is 0 Å². The van der Waals surface area contributed by atoms with Crippen molar-refractivity contribution in [1.82, 2.24) is 4.90 Å². The van der Waals surface area contributed by atoms with Crippen LogP contribution in [-0.4, -0.2) is 54.1 Å². The fourth-order valence-electron chi connectivity index (χ4n) is 3.43. The van der Waals surface area contributed by atoms with Gasteiger partial charge in [0.05, 0.1) is 11.0 Å². The van der Waals surface area contributed by atoms with Gasteiger partial charge in [0.25, 0.3) is 11.6 Å². The van der Waals surface area contributed by atoms with Crippen molar-refractivity contribution >= 4 is 17.6 Å². The Morgan fingerprint density at radius 3 is 2.63 bits per heavy atom. The van der Waals surface area contributed by atoms with Gasteiger partial charge in [0.2, 0.25) is 0 Å². The quantitative estimate of drug-likeness (QED) is 0.439. The molecule has 1 saturated heterocycles. The maximum Gasteiger partial charge on any atom is 0.345 e. The molecule has 0 radical (unpaired) electrons. The topological polar surface area (TPSA) is 108 Å². The van der Waals surface area contributed by atoms with Gasteiger partial charge in [-0.3, -0.25) is 14.9 Å². The summed E-state index contributed by atoms with van der Waals surface area (Å²) >= 11 is 0. The number of hydrogen-bond acceptors (Lipinski definition) is 7. The standard InChI is InChI=1S/C18H22N2O7/c1-2-12-5-3-4-6-19(12)17(21)11-27-18(22)13-9-15-16(26-8-7-25-15)10-14(13)20(23)24/h9-10,12H,2-8,11H2,1H3/t12-/m0/s1. The second-order valence-corrected chi connectivity index (χ2v) is 6.49. The van der Waals surface area contributed by atoms with E-state index in [0.717, 1.165) is 31.7 Å². The van der Waals surface area contributed by atoms with Crippen molar-refractivity contribution in [3.63, 3.8) is 0 Å². The SMILES string of the molecule is CC[C@H]1CCCCN1C(=O)COC(=O)c1cc2c(cc1[N+](=O)[O-])OCCO2. The maximum absolute atomic E-state index is 12.4. The molecule has 0 saturated carbocycles. The predicted molar refractivity (Wildman–Crippen MR) is 94.0 cm³/mol. The van der Waals surface area contributed by atoms with E-state index < -0.39 is 23.2 Å². The molecule has 0 aliphatic carbocycles. The van der Waals surface area contributed by atoms with Crippen LogP contribution in [0.1, 0.15) is 43.0 Å². The fourth-order valence-corrected chi connectivity index (χ4v) is 3.43. The normalized spacial score (nSPS) is 18.7. The minimum Gasteiger partial charge on any atom is -0.486 e. The Morgan fingerprint density at radius 2 is 1.96 bits per heavy atom. The van der Waals surface area contributed by atoms with Crippen molar-refractivity contribution in [2.24, 2.45) is 0 Å². The van der Waals surface area contributed by atoms with Crippen molar-refractivity contribution < 1.29 is 28.7 Å². The van der Waals surface area contributed by atoms with Gasteiger partial charge in [-0.1, -0.05) is 6.92 Å². The van der Waals surface area contributed by atoms with Crippen molar-refractivity contribution in [2.45, 2.75) is 38.6 Å². The van der Waals surface area contributed by atoms with Crippen molar-refractivity contribution in [3.8, 4) is 11.5 Å². The highest BCUT2D eigenvalue weighted by Crippen LogP contribution is 2.36. The number of nitro groups is 1. The van der Waals surface area contributed by atoms with E-state index in [-0.39, 0.29) is 42.2 Å². The number of esters is 1. The van der Waals surface area contributed by atoms with Gasteiger partial charge < -0.3 is 19.1 Å². The van der Waals surface area contributed by atoms with Crippen LogP contribution in [-0.2, 0) is 9.53 Å². The highest BCUT2D eigenvalue weighted by molar-refractivity contribution is 5.96. The molecule has 1 aromatic rings. The van der Waals surface area contributed by atoms with Crippen LogP contribution in [0.5, 0.6) is 11.5 Å². The average molecular weight is 378 g/mol. The van der Waals surface area contributed by atoms with Crippen LogP contribution in [0.25, 0.3) is 0 Å². The molecule has 3 rings (SSSR count). The summed E-state index contributed by atoms with van der Waals surface area (Å²) in [4.78, 5) is 37.2. The molecule has 0 N–H and O–H groups in total. The van der Waals surface area contributed by atoms with Crippen LogP contribution in [0, 0.1) is 10.1 Å². The maximum atomic E-state index is 12.4. The molecule has 9 heteroatoms. The lowest BCUT2D eigenvalue weighted by Gasteiger charge is -2.35. The van der Waals surface area contributed by atoms with Gasteiger partial charge in [-0.2, -0.15) is 0 Å². The second-order valence-electron chi connectivity index (χ2n) is 6.49. The highest BCUT2D eigenvalue weighted by Gasteiger charge is 2.29. The van der Waals surface area contributed by atoms with Gasteiger partial charge in [0, 0.05) is 18.7 Å². The number of ether oxygens (including phenoxy) is 3. The zero-order valence-electron chi connectivity index (χ0n) is 15.1. The Bertz CT molecular complexity index is 749. The molecule has 1 amide bonds. The van der Waals surface area contributed by atoms with E-state index in [0.29, 0.717) is 6.54 Å². The van der Waals surface area contributed by atoms with Gasteiger partial charge in [-0.25, -0.2) is 4.79 Å². The number of piperidine rings is 1. The number of amides is 1. The first-order valence-electron chi connectivity index (χ1n) is 9.06. The molecule has 27 heavy (non-hydrogen) atoms. The van der Waals surface area contributed by atoms with Crippen molar-refractivity contribution in [1.29, 1.82) is 0 Å². The minimum absolute atomic E-state index is 0.147. The van der Waals surface area contributed by atoms with E-state index in [9.17, 15) is 19.7 Å². The Labute approximate surface area is 156 Å². The average Bonchev–Trinajstić information content (AvgIpc) is 2.70. The van der Waals surface area contributed by atoms with E-state index in [1.165, 1.54) is 6.07 Å². The molecule has 0 unspecified atom stereocenters. The third-order valence-corrected chi connectivity index (χ3v) is 4.82. The molecule has 2 aliphatic heterocycles. The van der Waals surface area contributed by atoms with Crippen LogP contribution in [0.4, 0.5) is 5.69 Å². The zero-order valence-corrected chi connectivity index (χ0v) is 15.1. The number of fused-ring (bicyclic) bond motifs is 1. The number of nitro benzene ring substituents is 1. The molecule has 9 nitrogen and oxygen atoms in total. The van der Waals surface area contributed by atoms with Crippen LogP contribution >= 0.6 is 0 Å². The molecule has 0 aromatic heterocycles. The molecular formula is C18H22N2O7. The van der Waals surface area contributed by atoms with Gasteiger partial charge >= 0.3 is 5.97 Å². The van der Waals surface area contributed by atoms with E-state index in [1.54, 1.807) is 4.90 Å². The molecule has 0 spiro atoms. The number of carbonyl (C=O) groups is 2. The Kier molecular flexibility index (Phi) is 5.78. The molecule has 1 aromatic carbocycles. The Morgan fingerprint density at radius 1 is 1.26 bits per heavy atom. The minimum atomic E-state index is -0.933. The zero-order chi connectivity index (χ0) is 19.4. The second kappa shape index (κ2) is 8.24. The van der Waals surface area contributed by atoms with Gasteiger partial charge in [-0.05, 0) is 25.7 Å². The summed E-state index contributed by atoms with van der Waals surface area (Å²) in [7, 11) is 0. The summed E-state index contributed by atoms with van der Waals surface area (Å²) in [5.41, 5.74) is -0.705. The summed E-state index contributed by atoms with van der Waals surface area (Å²) in [6.45, 7) is 2.77. The Hall–Kier alpha value is -2.84.